The number of ether oxygens (including phenoxy) is 1. The largest absolute Gasteiger partial charge is 0.396 e. The molecule has 6 heteroatoms. The highest BCUT2D eigenvalue weighted by molar-refractivity contribution is 7.99. The molecular formula is C15H26N2O2S2. The molecule has 0 saturated carbocycles. The second-order valence-electron chi connectivity index (χ2n) is 5.21. The highest BCUT2D eigenvalue weighted by atomic mass is 32.2. The lowest BCUT2D eigenvalue weighted by Crippen LogP contribution is -2.07. The molecule has 0 amide bonds. The normalized spacial score (nSPS) is 11.1. The van der Waals surface area contributed by atoms with Crippen LogP contribution >= 0.6 is 23.1 Å². The molecule has 1 aromatic heterocycles. The van der Waals surface area contributed by atoms with Crippen molar-refractivity contribution in [3.05, 3.63) is 4.88 Å². The Morgan fingerprint density at radius 1 is 1.38 bits per heavy atom. The molecule has 4 nitrogen and oxygen atoms in total. The molecule has 0 aliphatic carbocycles. The summed E-state index contributed by atoms with van der Waals surface area (Å²) in [6.07, 6.45) is 5.29. The maximum absolute atomic E-state index is 12.2. The number of carbonyl (C=O) groups is 1. The molecule has 1 rings (SSSR count). The number of thioether (sulfide) groups is 1. The van der Waals surface area contributed by atoms with Crippen LogP contribution in [0.5, 0.6) is 0 Å². The first-order valence-electron chi connectivity index (χ1n) is 7.26. The Balaban J connectivity index is 2.65. The second-order valence-corrected chi connectivity index (χ2v) is 7.04. The summed E-state index contributed by atoms with van der Waals surface area (Å²) in [6.45, 7) is 5.52. The molecule has 0 atom stereocenters. The number of thiophene rings is 1. The van der Waals surface area contributed by atoms with Gasteiger partial charge in [0.1, 0.15) is 5.00 Å². The smallest absolute Gasteiger partial charge is 0.177 e. The Kier molecular flexibility index (Phi) is 8.14. The molecule has 0 unspecified atom stereocenters. The van der Waals surface area contributed by atoms with Crippen LogP contribution in [0, 0.1) is 5.92 Å². The van der Waals surface area contributed by atoms with E-state index in [2.05, 4.69) is 5.32 Å². The van der Waals surface area contributed by atoms with Crippen molar-refractivity contribution >= 4 is 39.6 Å². The molecule has 0 radical (unpaired) electrons. The highest BCUT2D eigenvalue weighted by Gasteiger charge is 2.22. The molecule has 0 aromatic carbocycles. The second kappa shape index (κ2) is 9.33. The molecular weight excluding hydrogens is 304 g/mol. The third kappa shape index (κ3) is 5.20. The van der Waals surface area contributed by atoms with Gasteiger partial charge in [0, 0.05) is 26.2 Å². The van der Waals surface area contributed by atoms with Crippen LogP contribution in [0.2, 0.25) is 0 Å². The minimum Gasteiger partial charge on any atom is -0.396 e. The lowest BCUT2D eigenvalue weighted by atomic mass is 10.1. The number of methoxy groups -OCH3 is 1. The summed E-state index contributed by atoms with van der Waals surface area (Å²) >= 11 is 3.08. The molecule has 1 aromatic rings. The number of nitrogens with two attached hydrogens (primary N) is 1. The minimum atomic E-state index is -0.0254. The van der Waals surface area contributed by atoms with Gasteiger partial charge in [0.15, 0.2) is 5.78 Å². The van der Waals surface area contributed by atoms with Crippen LogP contribution in [0.1, 0.15) is 42.8 Å². The maximum atomic E-state index is 12.2. The predicted molar refractivity (Wildman–Crippen MR) is 93.9 cm³/mol. The van der Waals surface area contributed by atoms with E-state index in [4.69, 9.17) is 10.5 Å². The number of nitrogen functional groups attached to an aromatic ring is 1. The molecule has 0 aliphatic rings. The van der Waals surface area contributed by atoms with Crippen LogP contribution in [0.25, 0.3) is 0 Å². The quantitative estimate of drug-likeness (QED) is 0.384. The average molecular weight is 331 g/mol. The topological polar surface area (TPSA) is 64.3 Å². The van der Waals surface area contributed by atoms with Crippen molar-refractivity contribution in [2.24, 2.45) is 5.92 Å². The Labute approximate surface area is 135 Å². The first-order valence-corrected chi connectivity index (χ1v) is 9.30. The fourth-order valence-electron chi connectivity index (χ4n) is 1.94. The van der Waals surface area contributed by atoms with E-state index >= 15 is 0 Å². The van der Waals surface area contributed by atoms with Gasteiger partial charge in [-0.1, -0.05) is 13.8 Å². The summed E-state index contributed by atoms with van der Waals surface area (Å²) in [5, 5.41) is 4.44. The standard InChI is InChI=1S/C15H26N2O2S2/c1-10(2)12(18)13-11(16)14(20-4)15(21-13)17-8-6-5-7-9-19-3/h10,17H,5-9,16H2,1-4H3. The molecule has 0 bridgehead atoms. The van der Waals surface area contributed by atoms with Gasteiger partial charge in [-0.2, -0.15) is 0 Å². The number of carbonyl (C=O) groups excluding carboxylic acids is 1. The molecule has 0 saturated heterocycles. The molecule has 0 spiro atoms. The number of ketones is 1. The SMILES string of the molecule is COCCCCCNc1sc(C(=O)C(C)C)c(N)c1SC. The van der Waals surface area contributed by atoms with E-state index in [0.717, 1.165) is 42.3 Å². The Bertz CT molecular complexity index is 459. The molecule has 120 valence electrons. The van der Waals surface area contributed by atoms with E-state index in [1.807, 2.05) is 20.1 Å². The number of nitrogens with one attached hydrogen (secondary N) is 1. The summed E-state index contributed by atoms with van der Waals surface area (Å²) in [4.78, 5) is 13.9. The first kappa shape index (κ1) is 18.3. The van der Waals surface area contributed by atoms with E-state index in [-0.39, 0.29) is 11.7 Å². The van der Waals surface area contributed by atoms with Crippen LogP contribution < -0.4 is 11.1 Å². The molecule has 0 fully saturated rings. The number of hydrogen-bond acceptors (Lipinski definition) is 6. The predicted octanol–water partition coefficient (Wildman–Crippen LogP) is 4.12. The Morgan fingerprint density at radius 3 is 2.67 bits per heavy atom. The lowest BCUT2D eigenvalue weighted by molar-refractivity contribution is 0.0944. The summed E-state index contributed by atoms with van der Waals surface area (Å²) in [5.41, 5.74) is 6.77. The number of anilines is 2. The van der Waals surface area contributed by atoms with Gasteiger partial charge in [0.05, 0.1) is 15.5 Å². The molecule has 3 N–H and O–H groups in total. The highest BCUT2D eigenvalue weighted by Crippen LogP contribution is 2.42. The van der Waals surface area contributed by atoms with Gasteiger partial charge in [-0.05, 0) is 25.5 Å². The van der Waals surface area contributed by atoms with Crippen molar-refractivity contribution < 1.29 is 9.53 Å². The van der Waals surface area contributed by atoms with E-state index in [9.17, 15) is 4.79 Å². The van der Waals surface area contributed by atoms with Gasteiger partial charge < -0.3 is 15.8 Å². The molecule has 0 aliphatic heterocycles. The van der Waals surface area contributed by atoms with Crippen LogP contribution in [0.3, 0.4) is 0 Å². The van der Waals surface area contributed by atoms with Gasteiger partial charge in [-0.15, -0.1) is 23.1 Å². The third-order valence-electron chi connectivity index (χ3n) is 3.16. The van der Waals surface area contributed by atoms with E-state index in [0.29, 0.717) is 10.6 Å². The Morgan fingerprint density at radius 2 is 2.10 bits per heavy atom. The van der Waals surface area contributed by atoms with Gasteiger partial charge >= 0.3 is 0 Å². The Hall–Kier alpha value is -0.720. The van der Waals surface area contributed by atoms with Crippen molar-refractivity contribution in [3.8, 4) is 0 Å². The summed E-state index contributed by atoms with van der Waals surface area (Å²) in [5.74, 6) is 0.100. The first-order chi connectivity index (χ1) is 10.0. The fourth-order valence-corrected chi connectivity index (χ4v) is 4.09. The zero-order valence-corrected chi connectivity index (χ0v) is 15.0. The van der Waals surface area contributed by atoms with Gasteiger partial charge in [-0.3, -0.25) is 4.79 Å². The van der Waals surface area contributed by atoms with Gasteiger partial charge in [0.25, 0.3) is 0 Å². The van der Waals surface area contributed by atoms with Gasteiger partial charge in [-0.25, -0.2) is 0 Å². The monoisotopic (exact) mass is 330 g/mol. The van der Waals surface area contributed by atoms with E-state index in [1.165, 1.54) is 11.3 Å². The number of rotatable bonds is 10. The minimum absolute atomic E-state index is 0.0254. The average Bonchev–Trinajstić information content (AvgIpc) is 2.77. The van der Waals surface area contributed by atoms with Crippen molar-refractivity contribution in [1.29, 1.82) is 0 Å². The summed E-state index contributed by atoms with van der Waals surface area (Å²) in [6, 6.07) is 0. The van der Waals surface area contributed by atoms with Crippen LogP contribution in [0.15, 0.2) is 4.90 Å². The lowest BCUT2D eigenvalue weighted by Gasteiger charge is -2.06. The van der Waals surface area contributed by atoms with Crippen LogP contribution in [-0.2, 0) is 4.74 Å². The van der Waals surface area contributed by atoms with Crippen LogP contribution in [-0.4, -0.2) is 32.3 Å². The zero-order valence-electron chi connectivity index (χ0n) is 13.3. The van der Waals surface area contributed by atoms with Crippen molar-refractivity contribution in [3.63, 3.8) is 0 Å². The van der Waals surface area contributed by atoms with Crippen LogP contribution in [0.4, 0.5) is 10.7 Å². The number of unbranched alkanes of at least 4 members (excludes halogenated alkanes) is 2. The third-order valence-corrected chi connectivity index (χ3v) is 5.30. The van der Waals surface area contributed by atoms with E-state index < -0.39 is 0 Å². The summed E-state index contributed by atoms with van der Waals surface area (Å²) in [7, 11) is 1.73. The fraction of sp³-hybridized carbons (Fsp3) is 0.667. The zero-order chi connectivity index (χ0) is 15.8. The number of hydrogen-bond donors (Lipinski definition) is 2. The number of Topliss-reactive ketones (excluding diaryl/α,β-unsaturated/α-hetero) is 1. The van der Waals surface area contributed by atoms with Gasteiger partial charge in [0.2, 0.25) is 0 Å². The maximum Gasteiger partial charge on any atom is 0.177 e. The van der Waals surface area contributed by atoms with E-state index in [1.54, 1.807) is 18.9 Å². The van der Waals surface area contributed by atoms with Crippen molar-refractivity contribution in [2.45, 2.75) is 38.0 Å². The van der Waals surface area contributed by atoms with Crippen molar-refractivity contribution in [2.75, 3.05) is 37.6 Å². The van der Waals surface area contributed by atoms with Crippen molar-refractivity contribution in [1.82, 2.24) is 0 Å². The molecule has 21 heavy (non-hydrogen) atoms. The summed E-state index contributed by atoms with van der Waals surface area (Å²) < 4.78 is 5.04. The molecule has 1 heterocycles.